The summed E-state index contributed by atoms with van der Waals surface area (Å²) >= 11 is 0. The van der Waals surface area contributed by atoms with Crippen LogP contribution in [0, 0.1) is 5.92 Å². The Labute approximate surface area is 151 Å². The van der Waals surface area contributed by atoms with Crippen molar-refractivity contribution >= 4 is 15.9 Å². The first-order chi connectivity index (χ1) is 11.7. The van der Waals surface area contributed by atoms with Gasteiger partial charge in [-0.05, 0) is 62.8 Å². The molecule has 1 N–H and O–H groups in total. The highest BCUT2D eigenvalue weighted by Crippen LogP contribution is 2.29. The fourth-order valence-electron chi connectivity index (χ4n) is 2.59. The van der Waals surface area contributed by atoms with Gasteiger partial charge >= 0.3 is 0 Å². The van der Waals surface area contributed by atoms with Crippen LogP contribution in [0.5, 0.6) is 0 Å². The molecule has 0 saturated heterocycles. The number of sulfonamides is 1. The molecule has 1 aromatic rings. The summed E-state index contributed by atoms with van der Waals surface area (Å²) in [6.45, 7) is 8.83. The number of amides is 1. The Morgan fingerprint density at radius 3 is 2.28 bits per heavy atom. The van der Waals surface area contributed by atoms with Gasteiger partial charge in [0.1, 0.15) is 0 Å². The van der Waals surface area contributed by atoms with Crippen LogP contribution in [0.3, 0.4) is 0 Å². The molecular formula is C19H30N2O3S. The minimum absolute atomic E-state index is 0.00184. The van der Waals surface area contributed by atoms with Crippen molar-refractivity contribution in [3.8, 4) is 0 Å². The summed E-state index contributed by atoms with van der Waals surface area (Å²) in [5.41, 5.74) is 0.554. The Kier molecular flexibility index (Phi) is 6.63. The smallest absolute Gasteiger partial charge is 0.254 e. The highest BCUT2D eigenvalue weighted by Gasteiger charge is 2.32. The van der Waals surface area contributed by atoms with Crippen molar-refractivity contribution in [3.05, 3.63) is 29.8 Å². The molecule has 0 heterocycles. The number of nitrogens with zero attached hydrogens (tertiary/aromatic N) is 1. The third kappa shape index (κ3) is 5.54. The zero-order valence-corrected chi connectivity index (χ0v) is 16.5. The second-order valence-electron chi connectivity index (χ2n) is 7.37. The Balaban J connectivity index is 2.11. The summed E-state index contributed by atoms with van der Waals surface area (Å²) in [5.74, 6) is 0.551. The van der Waals surface area contributed by atoms with Crippen molar-refractivity contribution in [2.75, 3.05) is 6.54 Å². The lowest BCUT2D eigenvalue weighted by Gasteiger charge is -2.23. The third-order valence-corrected chi connectivity index (χ3v) is 6.18. The standard InChI is InChI=1S/C19H30N2O3S/c1-5-15(4)20-25(23,24)18-10-6-16(7-11-18)19(22)21(17-8-9-17)13-12-14(2)3/h6-7,10-11,14-15,17,20H,5,8-9,12-13H2,1-4H3. The van der Waals surface area contributed by atoms with Crippen LogP contribution in [0.15, 0.2) is 29.2 Å². The van der Waals surface area contributed by atoms with Crippen LogP contribution in [-0.2, 0) is 10.0 Å². The maximum absolute atomic E-state index is 12.8. The first-order valence-corrected chi connectivity index (χ1v) is 10.7. The monoisotopic (exact) mass is 366 g/mol. The SMILES string of the molecule is CCC(C)NS(=O)(=O)c1ccc(C(=O)N(CCC(C)C)C2CC2)cc1. The molecular weight excluding hydrogens is 336 g/mol. The topological polar surface area (TPSA) is 66.5 Å². The number of nitrogens with one attached hydrogen (secondary N) is 1. The molecule has 25 heavy (non-hydrogen) atoms. The summed E-state index contributed by atoms with van der Waals surface area (Å²) in [5, 5.41) is 0. The van der Waals surface area contributed by atoms with Crippen molar-refractivity contribution < 1.29 is 13.2 Å². The molecule has 1 aromatic carbocycles. The number of hydrogen-bond donors (Lipinski definition) is 1. The van der Waals surface area contributed by atoms with Gasteiger partial charge in [-0.1, -0.05) is 20.8 Å². The molecule has 0 aliphatic heterocycles. The van der Waals surface area contributed by atoms with Gasteiger partial charge in [0.05, 0.1) is 4.90 Å². The predicted octanol–water partition coefficient (Wildman–Crippen LogP) is 3.41. The lowest BCUT2D eigenvalue weighted by Crippen LogP contribution is -2.34. The molecule has 5 nitrogen and oxygen atoms in total. The summed E-state index contributed by atoms with van der Waals surface area (Å²) in [7, 11) is -3.53. The van der Waals surface area contributed by atoms with Crippen LogP contribution in [0.25, 0.3) is 0 Å². The largest absolute Gasteiger partial charge is 0.336 e. The second kappa shape index (κ2) is 8.32. The maximum Gasteiger partial charge on any atom is 0.254 e. The van der Waals surface area contributed by atoms with E-state index >= 15 is 0 Å². The lowest BCUT2D eigenvalue weighted by molar-refractivity contribution is 0.0735. The van der Waals surface area contributed by atoms with Gasteiger partial charge in [-0.25, -0.2) is 13.1 Å². The van der Waals surface area contributed by atoms with Crippen LogP contribution in [0.1, 0.15) is 63.7 Å². The molecule has 1 aliphatic carbocycles. The van der Waals surface area contributed by atoms with Gasteiger partial charge in [-0.15, -0.1) is 0 Å². The quantitative estimate of drug-likeness (QED) is 0.728. The molecule has 1 atom stereocenters. The second-order valence-corrected chi connectivity index (χ2v) is 9.08. The molecule has 1 fully saturated rings. The van der Waals surface area contributed by atoms with E-state index in [2.05, 4.69) is 18.6 Å². The number of hydrogen-bond acceptors (Lipinski definition) is 3. The van der Waals surface area contributed by atoms with Gasteiger partial charge in [-0.3, -0.25) is 4.79 Å². The molecule has 0 bridgehead atoms. The minimum atomic E-state index is -3.53. The average molecular weight is 367 g/mol. The van der Waals surface area contributed by atoms with E-state index in [9.17, 15) is 13.2 Å². The highest BCUT2D eigenvalue weighted by atomic mass is 32.2. The first-order valence-electron chi connectivity index (χ1n) is 9.18. The Hall–Kier alpha value is -1.40. The zero-order valence-electron chi connectivity index (χ0n) is 15.7. The van der Waals surface area contributed by atoms with Crippen LogP contribution >= 0.6 is 0 Å². The van der Waals surface area contributed by atoms with Gasteiger partial charge in [-0.2, -0.15) is 0 Å². The molecule has 140 valence electrons. The van der Waals surface area contributed by atoms with Crippen LogP contribution in [0.4, 0.5) is 0 Å². The summed E-state index contributed by atoms with van der Waals surface area (Å²) < 4.78 is 27.2. The molecule has 1 amide bonds. The van der Waals surface area contributed by atoms with E-state index < -0.39 is 10.0 Å². The van der Waals surface area contributed by atoms with Crippen molar-refractivity contribution in [2.45, 2.75) is 70.4 Å². The van der Waals surface area contributed by atoms with Gasteiger partial charge in [0.25, 0.3) is 5.91 Å². The van der Waals surface area contributed by atoms with Gasteiger partial charge < -0.3 is 4.90 Å². The van der Waals surface area contributed by atoms with Crippen molar-refractivity contribution in [1.29, 1.82) is 0 Å². The van der Waals surface area contributed by atoms with E-state index in [4.69, 9.17) is 0 Å². The number of carbonyl (C=O) groups is 1. The molecule has 1 aliphatic rings. The Morgan fingerprint density at radius 1 is 1.20 bits per heavy atom. The van der Waals surface area contributed by atoms with E-state index in [1.165, 1.54) is 12.1 Å². The zero-order chi connectivity index (χ0) is 18.6. The molecule has 2 rings (SSSR count). The van der Waals surface area contributed by atoms with Crippen molar-refractivity contribution in [2.24, 2.45) is 5.92 Å². The van der Waals surface area contributed by atoms with Crippen LogP contribution in [-0.4, -0.2) is 37.9 Å². The minimum Gasteiger partial charge on any atom is -0.336 e. The van der Waals surface area contributed by atoms with Gasteiger partial charge in [0, 0.05) is 24.2 Å². The summed E-state index contributed by atoms with van der Waals surface area (Å²) in [6, 6.07) is 6.52. The number of carbonyl (C=O) groups excluding carboxylic acids is 1. The van der Waals surface area contributed by atoms with E-state index in [0.29, 0.717) is 17.5 Å². The normalized spacial score (nSPS) is 16.0. The van der Waals surface area contributed by atoms with Gasteiger partial charge in [0.2, 0.25) is 10.0 Å². The van der Waals surface area contributed by atoms with Crippen LogP contribution < -0.4 is 4.72 Å². The maximum atomic E-state index is 12.8. The molecule has 1 unspecified atom stereocenters. The third-order valence-electron chi connectivity index (χ3n) is 4.58. The predicted molar refractivity (Wildman–Crippen MR) is 100 cm³/mol. The molecule has 6 heteroatoms. The molecule has 0 radical (unpaired) electrons. The Morgan fingerprint density at radius 2 is 1.80 bits per heavy atom. The van der Waals surface area contributed by atoms with E-state index in [-0.39, 0.29) is 16.8 Å². The molecule has 1 saturated carbocycles. The first kappa shape index (κ1) is 19.9. The summed E-state index contributed by atoms with van der Waals surface area (Å²) in [4.78, 5) is 14.9. The number of rotatable bonds is 9. The van der Waals surface area contributed by atoms with E-state index in [0.717, 1.165) is 32.2 Å². The van der Waals surface area contributed by atoms with E-state index in [1.54, 1.807) is 12.1 Å². The highest BCUT2D eigenvalue weighted by molar-refractivity contribution is 7.89. The molecule has 0 spiro atoms. The van der Waals surface area contributed by atoms with Crippen molar-refractivity contribution in [3.63, 3.8) is 0 Å². The summed E-state index contributed by atoms with van der Waals surface area (Å²) in [6.07, 6.45) is 3.83. The van der Waals surface area contributed by atoms with Crippen molar-refractivity contribution in [1.82, 2.24) is 9.62 Å². The molecule has 0 aromatic heterocycles. The van der Waals surface area contributed by atoms with E-state index in [1.807, 2.05) is 18.7 Å². The van der Waals surface area contributed by atoms with Gasteiger partial charge in [0.15, 0.2) is 0 Å². The van der Waals surface area contributed by atoms with Crippen LogP contribution in [0.2, 0.25) is 0 Å². The lowest BCUT2D eigenvalue weighted by atomic mass is 10.1. The Bertz CT molecular complexity index is 679. The average Bonchev–Trinajstić information content (AvgIpc) is 3.39. The fourth-order valence-corrected chi connectivity index (χ4v) is 3.92. The number of benzene rings is 1. The fraction of sp³-hybridized carbons (Fsp3) is 0.632.